The molecule has 118 valence electrons. The number of aromatic nitrogens is 2. The van der Waals surface area contributed by atoms with Crippen LogP contribution >= 0.6 is 11.8 Å². The summed E-state index contributed by atoms with van der Waals surface area (Å²) in [6, 6.07) is 7.69. The van der Waals surface area contributed by atoms with E-state index in [1.165, 1.54) is 10.5 Å². The van der Waals surface area contributed by atoms with Crippen LogP contribution in [0, 0.1) is 0 Å². The Hall–Kier alpha value is -1.47. The molecule has 0 saturated heterocycles. The van der Waals surface area contributed by atoms with E-state index in [2.05, 4.69) is 12.0 Å². The molecule has 1 aromatic heterocycles. The molecule has 0 fully saturated rings. The van der Waals surface area contributed by atoms with Gasteiger partial charge in [-0.15, -0.1) is 11.8 Å². The minimum atomic E-state index is -3.57. The van der Waals surface area contributed by atoms with Gasteiger partial charge in [-0.3, -0.25) is 8.99 Å². The lowest BCUT2D eigenvalue weighted by Gasteiger charge is -2.23. The van der Waals surface area contributed by atoms with Crippen molar-refractivity contribution in [3.8, 4) is 0 Å². The number of rotatable bonds is 3. The highest BCUT2D eigenvalue weighted by molar-refractivity contribution is 8.00. The fraction of sp³-hybridized carbons (Fsp3) is 0.400. The molecule has 0 aliphatic carbocycles. The molecule has 0 N–H and O–H groups in total. The Morgan fingerprint density at radius 1 is 1.36 bits per heavy atom. The second-order valence-corrected chi connectivity index (χ2v) is 8.64. The molecule has 1 aliphatic heterocycles. The van der Waals surface area contributed by atoms with Gasteiger partial charge in [0.25, 0.3) is 10.0 Å². The van der Waals surface area contributed by atoms with Gasteiger partial charge in [0.15, 0.2) is 0 Å². The zero-order valence-electron chi connectivity index (χ0n) is 12.6. The first-order chi connectivity index (χ1) is 10.5. The topological polar surface area (TPSA) is 55.2 Å². The van der Waals surface area contributed by atoms with Crippen LogP contribution in [-0.4, -0.2) is 30.0 Å². The van der Waals surface area contributed by atoms with Gasteiger partial charge in [0, 0.05) is 29.4 Å². The first-order valence-electron chi connectivity index (χ1n) is 7.33. The van der Waals surface area contributed by atoms with Gasteiger partial charge in [0.2, 0.25) is 0 Å². The summed E-state index contributed by atoms with van der Waals surface area (Å²) in [6.07, 6.45) is 3.85. The van der Waals surface area contributed by atoms with Crippen LogP contribution in [0.5, 0.6) is 0 Å². The van der Waals surface area contributed by atoms with Gasteiger partial charge < -0.3 is 0 Å². The maximum Gasteiger partial charge on any atom is 0.267 e. The Kier molecular flexibility index (Phi) is 4.18. The standard InChI is InChI=1S/C15H19N3O2S2/c1-3-17-11-13(10-16-17)22(19,20)18-9-8-12(2)21-15-7-5-4-6-14(15)18/h4-7,10-12H,3,8-9H2,1-2H3/t12-/m1/s1. The predicted octanol–water partition coefficient (Wildman–Crippen LogP) is 2.98. The average molecular weight is 337 g/mol. The average Bonchev–Trinajstić information content (AvgIpc) is 2.92. The minimum absolute atomic E-state index is 0.253. The minimum Gasteiger partial charge on any atom is -0.272 e. The molecule has 22 heavy (non-hydrogen) atoms. The number of hydrogen-bond donors (Lipinski definition) is 0. The van der Waals surface area contributed by atoms with E-state index in [1.54, 1.807) is 22.6 Å². The Balaban J connectivity index is 2.06. The summed E-state index contributed by atoms with van der Waals surface area (Å²) in [5, 5.41) is 4.48. The smallest absolute Gasteiger partial charge is 0.267 e. The molecular weight excluding hydrogens is 318 g/mol. The Morgan fingerprint density at radius 2 is 2.14 bits per heavy atom. The first-order valence-corrected chi connectivity index (χ1v) is 9.65. The maximum absolute atomic E-state index is 13.0. The van der Waals surface area contributed by atoms with Gasteiger partial charge in [-0.2, -0.15) is 5.10 Å². The molecular formula is C15H19N3O2S2. The van der Waals surface area contributed by atoms with Gasteiger partial charge >= 0.3 is 0 Å². The normalized spacial score (nSPS) is 18.8. The van der Waals surface area contributed by atoms with Crippen molar-refractivity contribution in [3.63, 3.8) is 0 Å². The zero-order valence-corrected chi connectivity index (χ0v) is 14.3. The van der Waals surface area contributed by atoms with Crippen LogP contribution in [0.2, 0.25) is 0 Å². The fourth-order valence-electron chi connectivity index (χ4n) is 2.49. The largest absolute Gasteiger partial charge is 0.272 e. The summed E-state index contributed by atoms with van der Waals surface area (Å²) < 4.78 is 29.2. The van der Waals surface area contributed by atoms with E-state index in [9.17, 15) is 8.42 Å². The number of nitrogens with zero attached hydrogens (tertiary/aromatic N) is 3. The second kappa shape index (κ2) is 5.96. The van der Waals surface area contributed by atoms with E-state index in [-0.39, 0.29) is 4.90 Å². The summed E-state index contributed by atoms with van der Waals surface area (Å²) in [6.45, 7) is 5.21. The van der Waals surface area contributed by atoms with E-state index in [0.717, 1.165) is 17.0 Å². The van der Waals surface area contributed by atoms with Gasteiger partial charge in [-0.1, -0.05) is 19.1 Å². The van der Waals surface area contributed by atoms with Crippen molar-refractivity contribution in [1.29, 1.82) is 0 Å². The molecule has 1 atom stereocenters. The quantitative estimate of drug-likeness (QED) is 0.864. The molecule has 7 heteroatoms. The van der Waals surface area contributed by atoms with Gasteiger partial charge in [-0.25, -0.2) is 8.42 Å². The Labute approximate surface area is 135 Å². The van der Waals surface area contributed by atoms with Crippen molar-refractivity contribution in [3.05, 3.63) is 36.7 Å². The molecule has 0 spiro atoms. The summed E-state index contributed by atoms with van der Waals surface area (Å²) in [4.78, 5) is 1.27. The number of hydrogen-bond acceptors (Lipinski definition) is 4. The van der Waals surface area contributed by atoms with Gasteiger partial charge in [-0.05, 0) is 25.5 Å². The Morgan fingerprint density at radius 3 is 2.86 bits per heavy atom. The van der Waals surface area contributed by atoms with Crippen molar-refractivity contribution in [1.82, 2.24) is 9.78 Å². The van der Waals surface area contributed by atoms with Gasteiger partial charge in [0.1, 0.15) is 4.90 Å². The van der Waals surface area contributed by atoms with Crippen LogP contribution in [0.4, 0.5) is 5.69 Å². The molecule has 5 nitrogen and oxygen atoms in total. The predicted molar refractivity (Wildman–Crippen MR) is 88.8 cm³/mol. The van der Waals surface area contributed by atoms with Crippen LogP contribution in [-0.2, 0) is 16.6 Å². The number of sulfonamides is 1. The molecule has 1 aromatic carbocycles. The molecule has 2 heterocycles. The molecule has 0 saturated carbocycles. The van der Waals surface area contributed by atoms with Crippen LogP contribution in [0.15, 0.2) is 46.5 Å². The second-order valence-electron chi connectivity index (χ2n) is 5.29. The molecule has 1 aliphatic rings. The number of benzene rings is 1. The molecule has 0 unspecified atom stereocenters. The number of aryl methyl sites for hydroxylation is 1. The Bertz CT molecular complexity index is 771. The summed E-state index contributed by atoms with van der Waals surface area (Å²) in [7, 11) is -3.57. The van der Waals surface area contributed by atoms with Gasteiger partial charge in [0.05, 0.1) is 11.9 Å². The van der Waals surface area contributed by atoms with Crippen LogP contribution in [0.25, 0.3) is 0 Å². The highest BCUT2D eigenvalue weighted by Gasteiger charge is 2.30. The molecule has 3 rings (SSSR count). The van der Waals surface area contributed by atoms with Crippen molar-refractivity contribution in [2.45, 2.75) is 41.9 Å². The third-order valence-corrected chi connectivity index (χ3v) is 6.73. The van der Waals surface area contributed by atoms with E-state index in [4.69, 9.17) is 0 Å². The first kappa shape index (κ1) is 15.4. The van der Waals surface area contributed by atoms with Crippen LogP contribution in [0.3, 0.4) is 0 Å². The molecule has 0 amide bonds. The zero-order chi connectivity index (χ0) is 15.7. The highest BCUT2D eigenvalue weighted by Crippen LogP contribution is 2.39. The summed E-state index contributed by atoms with van der Waals surface area (Å²) in [5.74, 6) is 0. The monoisotopic (exact) mass is 337 g/mol. The number of para-hydroxylation sites is 1. The lowest BCUT2D eigenvalue weighted by atomic mass is 10.3. The van der Waals surface area contributed by atoms with Crippen molar-refractivity contribution in [2.24, 2.45) is 0 Å². The fourth-order valence-corrected chi connectivity index (χ4v) is 5.11. The van der Waals surface area contributed by atoms with E-state index in [1.807, 2.05) is 31.2 Å². The summed E-state index contributed by atoms with van der Waals surface area (Å²) in [5.41, 5.74) is 0.765. The van der Waals surface area contributed by atoms with E-state index >= 15 is 0 Å². The van der Waals surface area contributed by atoms with Crippen LogP contribution in [0.1, 0.15) is 20.3 Å². The van der Waals surface area contributed by atoms with Crippen LogP contribution < -0.4 is 4.31 Å². The number of thioether (sulfide) groups is 1. The van der Waals surface area contributed by atoms with E-state index in [0.29, 0.717) is 18.3 Å². The molecule has 0 bridgehead atoms. The molecule has 0 radical (unpaired) electrons. The van der Waals surface area contributed by atoms with Crippen molar-refractivity contribution < 1.29 is 8.42 Å². The summed E-state index contributed by atoms with van der Waals surface area (Å²) >= 11 is 1.73. The lowest BCUT2D eigenvalue weighted by Crippen LogP contribution is -2.32. The highest BCUT2D eigenvalue weighted by atomic mass is 32.2. The van der Waals surface area contributed by atoms with Crippen molar-refractivity contribution in [2.75, 3.05) is 10.8 Å². The third kappa shape index (κ3) is 2.75. The maximum atomic E-state index is 13.0. The SMILES string of the molecule is CCn1cc(S(=O)(=O)N2CC[C@@H](C)Sc3ccccc32)cn1. The number of fused-ring (bicyclic) bond motifs is 1. The third-order valence-electron chi connectivity index (χ3n) is 3.72. The molecule has 2 aromatic rings. The van der Waals surface area contributed by atoms with E-state index < -0.39 is 10.0 Å². The van der Waals surface area contributed by atoms with Crippen molar-refractivity contribution >= 4 is 27.5 Å². The lowest BCUT2D eigenvalue weighted by molar-refractivity contribution is 0.588. The number of anilines is 1.